The molecule has 1 aliphatic heterocycles. The van der Waals surface area contributed by atoms with E-state index in [0.717, 1.165) is 17.8 Å². The molecule has 2 heterocycles. The van der Waals surface area contributed by atoms with Crippen LogP contribution in [0.25, 0.3) is 0 Å². The maximum absolute atomic E-state index is 13.2. The molecule has 2 unspecified atom stereocenters. The molecule has 1 aromatic heterocycles. The van der Waals surface area contributed by atoms with Gasteiger partial charge in [-0.2, -0.15) is 0 Å². The molecule has 0 bridgehead atoms. The van der Waals surface area contributed by atoms with Gasteiger partial charge in [-0.15, -0.1) is 11.3 Å². The second kappa shape index (κ2) is 9.19. The lowest BCUT2D eigenvalue weighted by Gasteiger charge is -2.35. The number of carbonyl (C=O) groups is 2. The number of rotatable bonds is 6. The number of carbonyl (C=O) groups excluding carboxylic acids is 2. The summed E-state index contributed by atoms with van der Waals surface area (Å²) in [5, 5.41) is 5.98. The van der Waals surface area contributed by atoms with Crippen LogP contribution in [0.15, 0.2) is 35.8 Å². The van der Waals surface area contributed by atoms with Crippen molar-refractivity contribution in [2.45, 2.75) is 38.6 Å². The summed E-state index contributed by atoms with van der Waals surface area (Å²) in [5.74, 6) is 0.427. The summed E-state index contributed by atoms with van der Waals surface area (Å²) in [6, 6.07) is 6.47. The van der Waals surface area contributed by atoms with Crippen molar-refractivity contribution in [1.82, 2.24) is 15.2 Å². The van der Waals surface area contributed by atoms with E-state index in [0.29, 0.717) is 24.4 Å². The predicted molar refractivity (Wildman–Crippen MR) is 110 cm³/mol. The number of amides is 2. The van der Waals surface area contributed by atoms with Gasteiger partial charge in [0.05, 0.1) is 17.7 Å². The summed E-state index contributed by atoms with van der Waals surface area (Å²) < 4.78 is 5.28. The smallest absolute Gasteiger partial charge is 0.255 e. The minimum atomic E-state index is -0.576. The Morgan fingerprint density at radius 1 is 1.32 bits per heavy atom. The van der Waals surface area contributed by atoms with Crippen LogP contribution >= 0.6 is 11.3 Å². The van der Waals surface area contributed by atoms with E-state index in [2.05, 4.69) is 10.3 Å². The fraction of sp³-hybridized carbons (Fsp3) is 0.476. The van der Waals surface area contributed by atoms with E-state index in [1.807, 2.05) is 36.4 Å². The summed E-state index contributed by atoms with van der Waals surface area (Å²) in [6.45, 7) is 5.27. The number of ether oxygens (including phenoxy) is 1. The first kappa shape index (κ1) is 20.3. The summed E-state index contributed by atoms with van der Waals surface area (Å²) in [7, 11) is 1.53. The first-order chi connectivity index (χ1) is 13.5. The maximum atomic E-state index is 13.2. The number of thiazole rings is 1. The van der Waals surface area contributed by atoms with Crippen LogP contribution < -0.4 is 10.1 Å². The van der Waals surface area contributed by atoms with Gasteiger partial charge < -0.3 is 15.0 Å². The lowest BCUT2D eigenvalue weighted by atomic mass is 9.96. The number of methoxy groups -OCH3 is 1. The molecule has 2 aromatic rings. The minimum Gasteiger partial charge on any atom is -0.496 e. The van der Waals surface area contributed by atoms with Crippen molar-refractivity contribution < 1.29 is 14.3 Å². The number of nitrogens with one attached hydrogen (secondary N) is 1. The second-order valence-corrected chi connectivity index (χ2v) is 8.32. The van der Waals surface area contributed by atoms with Gasteiger partial charge in [-0.25, -0.2) is 4.98 Å². The SMILES string of the molecule is COc1ccccc1C(=O)NC(C(=O)N1CCCC(c2nccs2)C1)C(C)C. The van der Waals surface area contributed by atoms with Gasteiger partial charge in [0.15, 0.2) is 0 Å². The quantitative estimate of drug-likeness (QED) is 0.806. The van der Waals surface area contributed by atoms with Crippen molar-refractivity contribution in [3.05, 3.63) is 46.4 Å². The third-order valence-electron chi connectivity index (χ3n) is 5.10. The second-order valence-electron chi connectivity index (χ2n) is 7.39. The number of aromatic nitrogens is 1. The monoisotopic (exact) mass is 401 g/mol. The molecule has 28 heavy (non-hydrogen) atoms. The standard InChI is InChI=1S/C21H27N3O3S/c1-14(2)18(23-19(25)16-8-4-5-9-17(16)27-3)21(26)24-11-6-7-15(13-24)20-22-10-12-28-20/h4-5,8-10,12,14-15,18H,6-7,11,13H2,1-3H3,(H,23,25). The Morgan fingerprint density at radius 2 is 2.11 bits per heavy atom. The molecule has 2 atom stereocenters. The third-order valence-corrected chi connectivity index (χ3v) is 6.04. The molecule has 1 fully saturated rings. The van der Waals surface area contributed by atoms with Crippen LogP contribution in [0.4, 0.5) is 0 Å². The fourth-order valence-corrected chi connectivity index (χ4v) is 4.34. The molecule has 0 radical (unpaired) electrons. The Labute approximate surface area is 169 Å². The average molecular weight is 402 g/mol. The zero-order valence-corrected chi connectivity index (χ0v) is 17.4. The molecule has 0 aliphatic carbocycles. The molecule has 150 valence electrons. The van der Waals surface area contributed by atoms with Crippen LogP contribution in [-0.4, -0.2) is 47.9 Å². The highest BCUT2D eigenvalue weighted by Crippen LogP contribution is 2.29. The number of nitrogens with zero attached hydrogens (tertiary/aromatic N) is 2. The zero-order chi connectivity index (χ0) is 20.1. The van der Waals surface area contributed by atoms with E-state index in [1.54, 1.807) is 29.5 Å². The predicted octanol–water partition coefficient (Wildman–Crippen LogP) is 3.31. The van der Waals surface area contributed by atoms with Crippen LogP contribution in [0.5, 0.6) is 5.75 Å². The molecule has 3 rings (SSSR count). The Kier molecular flexibility index (Phi) is 6.67. The van der Waals surface area contributed by atoms with Crippen LogP contribution in [0.2, 0.25) is 0 Å². The van der Waals surface area contributed by atoms with Gasteiger partial charge in [-0.05, 0) is 30.9 Å². The summed E-state index contributed by atoms with van der Waals surface area (Å²) >= 11 is 1.64. The van der Waals surface area contributed by atoms with E-state index < -0.39 is 6.04 Å². The van der Waals surface area contributed by atoms with Crippen molar-refractivity contribution >= 4 is 23.2 Å². The fourth-order valence-electron chi connectivity index (χ4n) is 3.58. The Balaban J connectivity index is 1.72. The van der Waals surface area contributed by atoms with Gasteiger partial charge in [0.25, 0.3) is 5.91 Å². The molecular weight excluding hydrogens is 374 g/mol. The third kappa shape index (κ3) is 4.52. The maximum Gasteiger partial charge on any atom is 0.255 e. The van der Waals surface area contributed by atoms with Crippen LogP contribution in [0.3, 0.4) is 0 Å². The molecular formula is C21H27N3O3S. The number of para-hydroxylation sites is 1. The van der Waals surface area contributed by atoms with Crippen molar-refractivity contribution in [1.29, 1.82) is 0 Å². The molecule has 1 N–H and O–H groups in total. The van der Waals surface area contributed by atoms with Crippen LogP contribution in [0, 0.1) is 5.92 Å². The van der Waals surface area contributed by atoms with E-state index in [1.165, 1.54) is 7.11 Å². The summed E-state index contributed by atoms with van der Waals surface area (Å²) in [6.07, 6.45) is 3.80. The van der Waals surface area contributed by atoms with Crippen LogP contribution in [-0.2, 0) is 4.79 Å². The normalized spacial score (nSPS) is 18.0. The average Bonchev–Trinajstić information content (AvgIpc) is 3.26. The van der Waals surface area contributed by atoms with Crippen molar-refractivity contribution in [2.75, 3.05) is 20.2 Å². The number of hydrogen-bond donors (Lipinski definition) is 1. The molecule has 2 amide bonds. The molecule has 1 aromatic carbocycles. The highest BCUT2D eigenvalue weighted by Gasteiger charge is 2.33. The highest BCUT2D eigenvalue weighted by molar-refractivity contribution is 7.09. The molecule has 7 heteroatoms. The van der Waals surface area contributed by atoms with Crippen molar-refractivity contribution in [3.8, 4) is 5.75 Å². The lowest BCUT2D eigenvalue weighted by Crippen LogP contribution is -2.53. The number of benzene rings is 1. The van der Waals surface area contributed by atoms with Gasteiger partial charge in [0.1, 0.15) is 11.8 Å². The van der Waals surface area contributed by atoms with Crippen molar-refractivity contribution in [2.24, 2.45) is 5.92 Å². The van der Waals surface area contributed by atoms with Gasteiger partial charge in [0.2, 0.25) is 5.91 Å². The highest BCUT2D eigenvalue weighted by atomic mass is 32.1. The summed E-state index contributed by atoms with van der Waals surface area (Å²) in [4.78, 5) is 32.3. The Bertz CT molecular complexity index is 807. The first-order valence-electron chi connectivity index (χ1n) is 9.63. The molecule has 0 saturated carbocycles. The molecule has 0 spiro atoms. The summed E-state index contributed by atoms with van der Waals surface area (Å²) in [5.41, 5.74) is 0.433. The zero-order valence-electron chi connectivity index (χ0n) is 16.6. The minimum absolute atomic E-state index is 0.0219. The lowest BCUT2D eigenvalue weighted by molar-refractivity contribution is -0.135. The number of hydrogen-bond acceptors (Lipinski definition) is 5. The van der Waals surface area contributed by atoms with E-state index in [4.69, 9.17) is 4.74 Å². The Morgan fingerprint density at radius 3 is 2.79 bits per heavy atom. The van der Waals surface area contributed by atoms with Gasteiger partial charge in [-0.3, -0.25) is 9.59 Å². The largest absolute Gasteiger partial charge is 0.496 e. The van der Waals surface area contributed by atoms with E-state index >= 15 is 0 Å². The van der Waals surface area contributed by atoms with E-state index in [9.17, 15) is 9.59 Å². The molecule has 1 saturated heterocycles. The molecule has 6 nitrogen and oxygen atoms in total. The van der Waals surface area contributed by atoms with Crippen molar-refractivity contribution in [3.63, 3.8) is 0 Å². The number of piperidine rings is 1. The topological polar surface area (TPSA) is 71.5 Å². The van der Waals surface area contributed by atoms with Crippen LogP contribution in [0.1, 0.15) is 48.0 Å². The van der Waals surface area contributed by atoms with Gasteiger partial charge in [-0.1, -0.05) is 26.0 Å². The Hall–Kier alpha value is -2.41. The van der Waals surface area contributed by atoms with Gasteiger partial charge in [0, 0.05) is 30.6 Å². The molecule has 1 aliphatic rings. The van der Waals surface area contributed by atoms with E-state index in [-0.39, 0.29) is 23.7 Å². The first-order valence-corrected chi connectivity index (χ1v) is 10.5. The number of likely N-dealkylation sites (tertiary alicyclic amines) is 1. The van der Waals surface area contributed by atoms with Gasteiger partial charge >= 0.3 is 0 Å².